The normalized spacial score (nSPS) is 10.0. The molecule has 1 aromatic carbocycles. The minimum Gasteiger partial charge on any atom is -0.376 e. The second kappa shape index (κ2) is 6.31. The third kappa shape index (κ3) is 3.65. The average Bonchev–Trinajstić information content (AvgIpc) is 2.38. The number of thiocarbonyl (C=S) groups is 1. The molecule has 3 N–H and O–H groups in total. The maximum Gasteiger partial charge on any atom is 0.301 e. The number of nitrogens with two attached hydrogens (primary N) is 1. The number of rotatable bonds is 4. The van der Waals surface area contributed by atoms with E-state index in [1.54, 1.807) is 18.2 Å². The van der Waals surface area contributed by atoms with E-state index in [9.17, 15) is 10.1 Å². The van der Waals surface area contributed by atoms with Gasteiger partial charge in [0.15, 0.2) is 10.1 Å². The molecule has 20 heavy (non-hydrogen) atoms. The number of nitrogens with zero attached hydrogens (tertiary/aromatic N) is 2. The quantitative estimate of drug-likeness (QED) is 0.509. The van der Waals surface area contributed by atoms with Gasteiger partial charge < -0.3 is 11.1 Å². The molecule has 0 bridgehead atoms. The second-order valence-electron chi connectivity index (χ2n) is 3.70. The Hall–Kier alpha value is -2.19. The maximum absolute atomic E-state index is 10.9. The van der Waals surface area contributed by atoms with Gasteiger partial charge >= 0.3 is 5.69 Å². The zero-order valence-electron chi connectivity index (χ0n) is 10.1. The molecular weight excluding hydrogens is 296 g/mol. The Morgan fingerprint density at radius 1 is 1.40 bits per heavy atom. The van der Waals surface area contributed by atoms with Crippen molar-refractivity contribution >= 4 is 40.5 Å². The SMILES string of the molecule is NC(=S)Nc1cccc(Sc2ncccc2[N+](=O)[O-])c1. The molecule has 102 valence electrons. The molecule has 1 heterocycles. The summed E-state index contributed by atoms with van der Waals surface area (Å²) in [4.78, 5) is 15.3. The van der Waals surface area contributed by atoms with Gasteiger partial charge in [0.25, 0.3) is 0 Å². The summed E-state index contributed by atoms with van der Waals surface area (Å²) in [6.45, 7) is 0. The van der Waals surface area contributed by atoms with E-state index in [0.717, 1.165) is 10.6 Å². The van der Waals surface area contributed by atoms with Crippen LogP contribution in [0.2, 0.25) is 0 Å². The molecule has 2 aromatic rings. The predicted octanol–water partition coefficient (Wildman–Crippen LogP) is 2.80. The molecule has 0 atom stereocenters. The molecule has 0 fully saturated rings. The number of hydrogen-bond donors (Lipinski definition) is 2. The van der Waals surface area contributed by atoms with Crippen LogP contribution in [-0.4, -0.2) is 15.0 Å². The summed E-state index contributed by atoms with van der Waals surface area (Å²) in [6.07, 6.45) is 1.52. The maximum atomic E-state index is 10.9. The number of nitrogens with one attached hydrogen (secondary N) is 1. The first-order chi connectivity index (χ1) is 9.56. The summed E-state index contributed by atoms with van der Waals surface area (Å²) in [6, 6.07) is 10.2. The van der Waals surface area contributed by atoms with Crippen molar-refractivity contribution in [1.29, 1.82) is 0 Å². The molecule has 0 aliphatic rings. The first-order valence-corrected chi connectivity index (χ1v) is 6.72. The van der Waals surface area contributed by atoms with E-state index in [1.807, 2.05) is 6.07 Å². The third-order valence-electron chi connectivity index (χ3n) is 2.26. The number of hydrogen-bond acceptors (Lipinski definition) is 5. The summed E-state index contributed by atoms with van der Waals surface area (Å²) >= 11 is 5.97. The Labute approximate surface area is 124 Å². The Morgan fingerprint density at radius 2 is 2.20 bits per heavy atom. The molecule has 6 nitrogen and oxygen atoms in total. The van der Waals surface area contributed by atoms with Crippen molar-refractivity contribution in [2.24, 2.45) is 5.73 Å². The molecule has 0 aliphatic heterocycles. The van der Waals surface area contributed by atoms with Crippen molar-refractivity contribution in [3.63, 3.8) is 0 Å². The van der Waals surface area contributed by atoms with E-state index in [2.05, 4.69) is 10.3 Å². The molecule has 0 saturated heterocycles. The summed E-state index contributed by atoms with van der Waals surface area (Å²) in [5.41, 5.74) is 6.10. The number of benzene rings is 1. The van der Waals surface area contributed by atoms with Crippen molar-refractivity contribution < 1.29 is 4.92 Å². The van der Waals surface area contributed by atoms with Crippen LogP contribution in [0, 0.1) is 10.1 Å². The van der Waals surface area contributed by atoms with Crippen LogP contribution in [0.5, 0.6) is 0 Å². The Kier molecular flexibility index (Phi) is 4.49. The van der Waals surface area contributed by atoms with Gasteiger partial charge in [-0.1, -0.05) is 17.8 Å². The molecule has 0 spiro atoms. The molecule has 0 radical (unpaired) electrons. The van der Waals surface area contributed by atoms with Gasteiger partial charge in [-0.2, -0.15) is 0 Å². The largest absolute Gasteiger partial charge is 0.376 e. The van der Waals surface area contributed by atoms with Crippen LogP contribution in [0.3, 0.4) is 0 Å². The smallest absolute Gasteiger partial charge is 0.301 e. The van der Waals surface area contributed by atoms with E-state index in [-0.39, 0.29) is 10.8 Å². The molecule has 2 rings (SSSR count). The highest BCUT2D eigenvalue weighted by molar-refractivity contribution is 7.99. The van der Waals surface area contributed by atoms with Crippen molar-refractivity contribution in [2.75, 3.05) is 5.32 Å². The molecule has 0 amide bonds. The van der Waals surface area contributed by atoms with E-state index >= 15 is 0 Å². The van der Waals surface area contributed by atoms with E-state index < -0.39 is 4.92 Å². The lowest BCUT2D eigenvalue weighted by molar-refractivity contribution is -0.388. The number of nitro groups is 1. The van der Waals surface area contributed by atoms with Gasteiger partial charge in [0, 0.05) is 22.8 Å². The lowest BCUT2D eigenvalue weighted by Gasteiger charge is -2.06. The summed E-state index contributed by atoms with van der Waals surface area (Å²) in [7, 11) is 0. The van der Waals surface area contributed by atoms with Crippen LogP contribution < -0.4 is 11.1 Å². The highest BCUT2D eigenvalue weighted by Crippen LogP contribution is 2.33. The van der Waals surface area contributed by atoms with Crippen LogP contribution in [0.25, 0.3) is 0 Å². The Morgan fingerprint density at radius 3 is 2.90 bits per heavy atom. The van der Waals surface area contributed by atoms with Crippen molar-refractivity contribution in [3.8, 4) is 0 Å². The van der Waals surface area contributed by atoms with E-state index in [0.29, 0.717) is 5.03 Å². The Balaban J connectivity index is 2.26. The van der Waals surface area contributed by atoms with Gasteiger partial charge in [-0.05, 0) is 36.5 Å². The highest BCUT2D eigenvalue weighted by Gasteiger charge is 2.15. The van der Waals surface area contributed by atoms with Crippen LogP contribution in [0.15, 0.2) is 52.5 Å². The standard InChI is InChI=1S/C12H10N4O2S2/c13-12(19)15-8-3-1-4-9(7-8)20-11-10(16(17)18)5-2-6-14-11/h1-7H,(H3,13,15,19). The molecule has 0 unspecified atom stereocenters. The first-order valence-electron chi connectivity index (χ1n) is 5.50. The van der Waals surface area contributed by atoms with E-state index in [1.165, 1.54) is 30.1 Å². The van der Waals surface area contributed by atoms with Gasteiger partial charge in [-0.3, -0.25) is 10.1 Å². The van der Waals surface area contributed by atoms with E-state index in [4.69, 9.17) is 18.0 Å². The minimum absolute atomic E-state index is 0.0230. The minimum atomic E-state index is -0.452. The lowest BCUT2D eigenvalue weighted by atomic mass is 10.3. The fraction of sp³-hybridized carbons (Fsp3) is 0. The Bertz CT molecular complexity index is 663. The van der Waals surface area contributed by atoms with Crippen LogP contribution in [0.1, 0.15) is 0 Å². The number of anilines is 1. The third-order valence-corrected chi connectivity index (χ3v) is 3.36. The van der Waals surface area contributed by atoms with Crippen molar-refractivity contribution in [2.45, 2.75) is 9.92 Å². The predicted molar refractivity (Wildman–Crippen MR) is 81.9 cm³/mol. The molecule has 0 aliphatic carbocycles. The molecule has 1 aromatic heterocycles. The van der Waals surface area contributed by atoms with Crippen LogP contribution >= 0.6 is 24.0 Å². The summed E-state index contributed by atoms with van der Waals surface area (Å²) in [5.74, 6) is 0. The zero-order chi connectivity index (χ0) is 14.5. The van der Waals surface area contributed by atoms with Gasteiger partial charge in [0.05, 0.1) is 4.92 Å². The number of pyridine rings is 1. The van der Waals surface area contributed by atoms with Gasteiger partial charge in [-0.15, -0.1) is 0 Å². The lowest BCUT2D eigenvalue weighted by Crippen LogP contribution is -2.18. The van der Waals surface area contributed by atoms with Gasteiger partial charge in [-0.25, -0.2) is 4.98 Å². The van der Waals surface area contributed by atoms with Gasteiger partial charge in [0.2, 0.25) is 0 Å². The second-order valence-corrected chi connectivity index (χ2v) is 5.21. The molecule has 0 saturated carbocycles. The van der Waals surface area contributed by atoms with Crippen LogP contribution in [-0.2, 0) is 0 Å². The molecular formula is C12H10N4O2S2. The fourth-order valence-corrected chi connectivity index (χ4v) is 2.53. The average molecular weight is 306 g/mol. The molecule has 8 heteroatoms. The summed E-state index contributed by atoms with van der Waals surface area (Å²) < 4.78 is 0. The topological polar surface area (TPSA) is 94.1 Å². The van der Waals surface area contributed by atoms with Gasteiger partial charge in [0.1, 0.15) is 0 Å². The zero-order valence-corrected chi connectivity index (χ0v) is 11.8. The fourth-order valence-electron chi connectivity index (χ4n) is 1.49. The monoisotopic (exact) mass is 306 g/mol. The van der Waals surface area contributed by atoms with Crippen LogP contribution in [0.4, 0.5) is 11.4 Å². The van der Waals surface area contributed by atoms with Crippen molar-refractivity contribution in [1.82, 2.24) is 4.98 Å². The first kappa shape index (κ1) is 14.2. The highest BCUT2D eigenvalue weighted by atomic mass is 32.2. The summed E-state index contributed by atoms with van der Waals surface area (Å²) in [5, 5.41) is 14.2. The van der Waals surface area contributed by atoms with Crippen molar-refractivity contribution in [3.05, 3.63) is 52.7 Å². The number of aromatic nitrogens is 1.